The number of sulfonamides is 1. The maximum absolute atomic E-state index is 12.6. The molecule has 0 radical (unpaired) electrons. The quantitative estimate of drug-likeness (QED) is 0.808. The topological polar surface area (TPSA) is 83.9 Å². The molecule has 0 aromatic carbocycles. The van der Waals surface area contributed by atoms with Crippen LogP contribution in [-0.2, 0) is 19.6 Å². The lowest BCUT2D eigenvalue weighted by molar-refractivity contribution is -0.137. The van der Waals surface area contributed by atoms with Crippen LogP contribution >= 0.6 is 11.8 Å². The van der Waals surface area contributed by atoms with E-state index in [4.69, 9.17) is 9.84 Å². The minimum atomic E-state index is -3.40. The second-order valence-electron chi connectivity index (χ2n) is 4.79. The Morgan fingerprint density at radius 2 is 2.05 bits per heavy atom. The summed E-state index contributed by atoms with van der Waals surface area (Å²) in [7, 11) is -3.40. The van der Waals surface area contributed by atoms with Crippen LogP contribution in [0, 0.1) is 0 Å². The fourth-order valence-electron chi connectivity index (χ4n) is 2.50. The zero-order chi connectivity index (χ0) is 13.9. The Hall–Kier alpha value is -0.310. The Bertz CT molecular complexity index is 419. The predicted molar refractivity (Wildman–Crippen MR) is 72.8 cm³/mol. The van der Waals surface area contributed by atoms with Crippen LogP contribution in [0.25, 0.3) is 0 Å². The molecule has 0 aromatic rings. The van der Waals surface area contributed by atoms with Gasteiger partial charge in [0.1, 0.15) is 0 Å². The molecule has 19 heavy (non-hydrogen) atoms. The van der Waals surface area contributed by atoms with Gasteiger partial charge in [-0.15, -0.1) is 0 Å². The Balaban J connectivity index is 2.13. The largest absolute Gasteiger partial charge is 0.481 e. The first-order valence-electron chi connectivity index (χ1n) is 6.40. The summed E-state index contributed by atoms with van der Waals surface area (Å²) in [6.45, 7) is 1.36. The first-order chi connectivity index (χ1) is 9.01. The molecule has 2 fully saturated rings. The Morgan fingerprint density at radius 3 is 2.68 bits per heavy atom. The average Bonchev–Trinajstić information content (AvgIpc) is 2.39. The normalized spacial score (nSPS) is 27.3. The van der Waals surface area contributed by atoms with Crippen LogP contribution in [-0.4, -0.2) is 66.4 Å². The van der Waals surface area contributed by atoms with Crippen LogP contribution in [0.15, 0.2) is 0 Å². The fourth-order valence-corrected chi connectivity index (χ4v) is 5.86. The molecule has 0 amide bonds. The molecule has 0 aliphatic carbocycles. The van der Waals surface area contributed by atoms with E-state index in [1.165, 1.54) is 4.31 Å². The van der Waals surface area contributed by atoms with Gasteiger partial charge in [-0.2, -0.15) is 16.1 Å². The Morgan fingerprint density at radius 1 is 1.37 bits per heavy atom. The van der Waals surface area contributed by atoms with E-state index in [-0.39, 0.29) is 6.42 Å². The number of hydrogen-bond acceptors (Lipinski definition) is 5. The highest BCUT2D eigenvalue weighted by atomic mass is 32.2. The van der Waals surface area contributed by atoms with Gasteiger partial charge in [-0.25, -0.2) is 8.42 Å². The van der Waals surface area contributed by atoms with Crippen LogP contribution in [0.4, 0.5) is 0 Å². The summed E-state index contributed by atoms with van der Waals surface area (Å²) in [5, 5.41) is 8.49. The highest BCUT2D eigenvalue weighted by Gasteiger charge is 2.39. The van der Waals surface area contributed by atoms with E-state index in [0.29, 0.717) is 38.4 Å². The summed E-state index contributed by atoms with van der Waals surface area (Å²) in [5.74, 6) is 0.354. The van der Waals surface area contributed by atoms with Crippen molar-refractivity contribution in [2.45, 2.75) is 30.6 Å². The monoisotopic (exact) mass is 309 g/mol. The lowest BCUT2D eigenvalue weighted by Gasteiger charge is -2.37. The summed E-state index contributed by atoms with van der Waals surface area (Å²) in [6, 6.07) is -0.413. The predicted octanol–water partition coefficient (Wildman–Crippen LogP) is 0.387. The minimum Gasteiger partial charge on any atom is -0.481 e. The third-order valence-corrected chi connectivity index (χ3v) is 7.04. The molecule has 0 saturated carbocycles. The van der Waals surface area contributed by atoms with Gasteiger partial charge in [0.2, 0.25) is 10.0 Å². The number of hydrogen-bond donors (Lipinski definition) is 1. The molecule has 2 saturated heterocycles. The SMILES string of the molecule is O=C(O)CC1CSCCN1S(=O)(=O)C1CCOCC1. The first-order valence-corrected chi connectivity index (χ1v) is 9.05. The van der Waals surface area contributed by atoms with Crippen LogP contribution in [0.3, 0.4) is 0 Å². The van der Waals surface area contributed by atoms with E-state index < -0.39 is 27.3 Å². The number of carboxylic acid groups (broad SMARTS) is 1. The van der Waals surface area contributed by atoms with E-state index in [1.807, 2.05) is 0 Å². The summed E-state index contributed by atoms with van der Waals surface area (Å²) in [6.07, 6.45) is 0.896. The Kier molecular flexibility index (Phi) is 5.10. The maximum Gasteiger partial charge on any atom is 0.305 e. The third-order valence-electron chi connectivity index (χ3n) is 3.50. The summed E-state index contributed by atoms with van der Waals surface area (Å²) < 4.78 is 31.8. The van der Waals surface area contributed by atoms with Crippen molar-refractivity contribution in [1.82, 2.24) is 4.31 Å². The van der Waals surface area contributed by atoms with Crippen LogP contribution in [0.2, 0.25) is 0 Å². The number of rotatable bonds is 4. The van der Waals surface area contributed by atoms with Crippen molar-refractivity contribution in [2.24, 2.45) is 0 Å². The third kappa shape index (κ3) is 3.62. The molecular weight excluding hydrogens is 290 g/mol. The summed E-state index contributed by atoms with van der Waals surface area (Å²) >= 11 is 1.62. The molecule has 0 bridgehead atoms. The van der Waals surface area contributed by atoms with Gasteiger partial charge in [-0.3, -0.25) is 4.79 Å². The standard InChI is InChI=1S/C11H19NO5S2/c13-11(14)7-9-8-18-6-3-12(9)19(15,16)10-1-4-17-5-2-10/h9-10H,1-8H2,(H,13,14). The van der Waals surface area contributed by atoms with Crippen molar-refractivity contribution in [2.75, 3.05) is 31.3 Å². The lowest BCUT2D eigenvalue weighted by Crippen LogP contribution is -2.51. The van der Waals surface area contributed by atoms with Crippen LogP contribution in [0.1, 0.15) is 19.3 Å². The van der Waals surface area contributed by atoms with E-state index in [0.717, 1.165) is 5.75 Å². The summed E-state index contributed by atoms with van der Waals surface area (Å²) in [4.78, 5) is 10.9. The second-order valence-corrected chi connectivity index (χ2v) is 8.11. The van der Waals surface area contributed by atoms with Gasteiger partial charge in [-0.05, 0) is 12.8 Å². The van der Waals surface area contributed by atoms with Crippen molar-refractivity contribution < 1.29 is 23.1 Å². The molecule has 0 aromatic heterocycles. The molecule has 2 aliphatic rings. The van der Waals surface area contributed by atoms with Crippen molar-refractivity contribution in [1.29, 1.82) is 0 Å². The molecule has 2 aliphatic heterocycles. The van der Waals surface area contributed by atoms with Gasteiger partial charge in [0.05, 0.1) is 11.7 Å². The smallest absolute Gasteiger partial charge is 0.305 e. The number of carbonyl (C=O) groups is 1. The molecule has 8 heteroatoms. The van der Waals surface area contributed by atoms with Gasteiger partial charge in [0, 0.05) is 37.3 Å². The van der Waals surface area contributed by atoms with Crippen molar-refractivity contribution in [3.63, 3.8) is 0 Å². The van der Waals surface area contributed by atoms with Gasteiger partial charge >= 0.3 is 5.97 Å². The fraction of sp³-hybridized carbons (Fsp3) is 0.909. The molecule has 6 nitrogen and oxygen atoms in total. The highest BCUT2D eigenvalue weighted by molar-refractivity contribution is 7.99. The number of aliphatic carboxylic acids is 1. The number of nitrogens with zero attached hydrogens (tertiary/aromatic N) is 1. The van der Waals surface area contributed by atoms with Gasteiger partial charge < -0.3 is 9.84 Å². The molecule has 1 N–H and O–H groups in total. The minimum absolute atomic E-state index is 0.116. The number of carboxylic acids is 1. The summed E-state index contributed by atoms with van der Waals surface area (Å²) in [5.41, 5.74) is 0. The molecule has 110 valence electrons. The Labute approximate surface area is 117 Å². The van der Waals surface area contributed by atoms with Crippen molar-refractivity contribution in [3.05, 3.63) is 0 Å². The van der Waals surface area contributed by atoms with Crippen molar-refractivity contribution >= 4 is 27.8 Å². The highest BCUT2D eigenvalue weighted by Crippen LogP contribution is 2.27. The maximum atomic E-state index is 12.6. The molecule has 2 heterocycles. The van der Waals surface area contributed by atoms with E-state index in [2.05, 4.69) is 0 Å². The molecule has 0 spiro atoms. The van der Waals surface area contributed by atoms with E-state index in [9.17, 15) is 13.2 Å². The second kappa shape index (κ2) is 6.43. The molecule has 1 atom stereocenters. The van der Waals surface area contributed by atoms with Gasteiger partial charge in [-0.1, -0.05) is 0 Å². The average molecular weight is 309 g/mol. The molecular formula is C11H19NO5S2. The number of thioether (sulfide) groups is 1. The zero-order valence-corrected chi connectivity index (χ0v) is 12.3. The zero-order valence-electron chi connectivity index (χ0n) is 10.7. The molecule has 2 rings (SSSR count). The van der Waals surface area contributed by atoms with Crippen LogP contribution < -0.4 is 0 Å². The lowest BCUT2D eigenvalue weighted by atomic mass is 10.2. The van der Waals surface area contributed by atoms with Gasteiger partial charge in [0.25, 0.3) is 0 Å². The van der Waals surface area contributed by atoms with Crippen LogP contribution in [0.5, 0.6) is 0 Å². The first kappa shape index (κ1) is 15.1. The van der Waals surface area contributed by atoms with Crippen molar-refractivity contribution in [3.8, 4) is 0 Å². The van der Waals surface area contributed by atoms with E-state index >= 15 is 0 Å². The van der Waals surface area contributed by atoms with E-state index in [1.54, 1.807) is 11.8 Å². The van der Waals surface area contributed by atoms with Gasteiger partial charge in [0.15, 0.2) is 0 Å². The number of ether oxygens (including phenoxy) is 1. The molecule has 1 unspecified atom stereocenters.